The van der Waals surface area contributed by atoms with Gasteiger partial charge in [-0.1, -0.05) is 12.1 Å². The van der Waals surface area contributed by atoms with Crippen molar-refractivity contribution in [3.8, 4) is 10.4 Å². The van der Waals surface area contributed by atoms with E-state index in [4.69, 9.17) is 0 Å². The number of thiophene rings is 1. The minimum absolute atomic E-state index is 0.00753. The van der Waals surface area contributed by atoms with E-state index < -0.39 is 32.9 Å². The summed E-state index contributed by atoms with van der Waals surface area (Å²) >= 11 is 0.674. The molecule has 0 unspecified atom stereocenters. The first-order valence-electron chi connectivity index (χ1n) is 9.71. The zero-order valence-corrected chi connectivity index (χ0v) is 18.7. The molecule has 1 saturated carbocycles. The van der Waals surface area contributed by atoms with Gasteiger partial charge in [-0.15, -0.1) is 11.3 Å². The molecule has 1 aliphatic rings. The lowest BCUT2D eigenvalue weighted by atomic mass is 10.1. The predicted octanol–water partition coefficient (Wildman–Crippen LogP) is 6.04. The molecule has 4 rings (SSSR count). The molecule has 0 bridgehead atoms. The second kappa shape index (κ2) is 8.45. The van der Waals surface area contributed by atoms with Gasteiger partial charge in [0, 0.05) is 10.4 Å². The molecular weight excluding hydrogens is 482 g/mol. The van der Waals surface area contributed by atoms with Gasteiger partial charge in [-0.25, -0.2) is 13.2 Å². The fourth-order valence-corrected chi connectivity index (χ4v) is 5.59. The Labute approximate surface area is 191 Å². The van der Waals surface area contributed by atoms with Crippen LogP contribution in [0.25, 0.3) is 10.4 Å². The van der Waals surface area contributed by atoms with Gasteiger partial charge >= 0.3 is 12.1 Å². The molecule has 0 amide bonds. The van der Waals surface area contributed by atoms with Gasteiger partial charge in [0.2, 0.25) is 0 Å². The first-order valence-corrected chi connectivity index (χ1v) is 12.0. The molecule has 1 aliphatic carbocycles. The number of anilines is 1. The molecular formula is C22H17F4NO4S2. The Balaban J connectivity index is 1.83. The van der Waals surface area contributed by atoms with Gasteiger partial charge < -0.3 is 4.74 Å². The van der Waals surface area contributed by atoms with E-state index in [1.807, 2.05) is 0 Å². The minimum atomic E-state index is -4.72. The lowest BCUT2D eigenvalue weighted by Crippen LogP contribution is -2.17. The summed E-state index contributed by atoms with van der Waals surface area (Å²) < 4.78 is 87.2. The largest absolute Gasteiger partial charge is 0.465 e. The molecule has 174 valence electrons. The van der Waals surface area contributed by atoms with Crippen LogP contribution in [0.3, 0.4) is 0 Å². The fourth-order valence-electron chi connectivity index (χ4n) is 3.42. The third-order valence-electron chi connectivity index (χ3n) is 5.17. The highest BCUT2D eigenvalue weighted by molar-refractivity contribution is 7.92. The lowest BCUT2D eigenvalue weighted by Gasteiger charge is -2.17. The van der Waals surface area contributed by atoms with Crippen LogP contribution in [-0.2, 0) is 20.9 Å². The smallest absolute Gasteiger partial charge is 0.416 e. The number of benzene rings is 2. The van der Waals surface area contributed by atoms with Gasteiger partial charge in [0.1, 0.15) is 0 Å². The first-order chi connectivity index (χ1) is 15.5. The Morgan fingerprint density at radius 1 is 1.09 bits per heavy atom. The van der Waals surface area contributed by atoms with Crippen LogP contribution in [0.15, 0.2) is 53.4 Å². The average molecular weight is 500 g/mol. The van der Waals surface area contributed by atoms with Crippen molar-refractivity contribution in [1.82, 2.24) is 0 Å². The fraction of sp³-hybridized carbons (Fsp3) is 0.227. The van der Waals surface area contributed by atoms with Crippen molar-refractivity contribution in [2.45, 2.75) is 29.8 Å². The number of sulfonamides is 1. The monoisotopic (exact) mass is 499 g/mol. The summed E-state index contributed by atoms with van der Waals surface area (Å²) in [6.45, 7) is 0. The third-order valence-corrected chi connectivity index (χ3v) is 7.50. The minimum Gasteiger partial charge on any atom is -0.465 e. The Morgan fingerprint density at radius 3 is 2.39 bits per heavy atom. The van der Waals surface area contributed by atoms with Crippen molar-refractivity contribution in [1.29, 1.82) is 0 Å². The predicted molar refractivity (Wildman–Crippen MR) is 115 cm³/mol. The third kappa shape index (κ3) is 4.88. The molecule has 33 heavy (non-hydrogen) atoms. The van der Waals surface area contributed by atoms with E-state index in [9.17, 15) is 30.8 Å². The first kappa shape index (κ1) is 23.2. The van der Waals surface area contributed by atoms with E-state index in [2.05, 4.69) is 9.46 Å². The van der Waals surface area contributed by atoms with E-state index in [0.29, 0.717) is 23.0 Å². The second-order valence-corrected chi connectivity index (χ2v) is 10.2. The number of esters is 1. The van der Waals surface area contributed by atoms with E-state index in [0.717, 1.165) is 44.2 Å². The van der Waals surface area contributed by atoms with Crippen molar-refractivity contribution in [3.05, 3.63) is 70.4 Å². The highest BCUT2D eigenvalue weighted by atomic mass is 32.2. The molecule has 1 N–H and O–H groups in total. The van der Waals surface area contributed by atoms with E-state index in [-0.39, 0.29) is 32.5 Å². The van der Waals surface area contributed by atoms with Crippen LogP contribution in [0, 0.1) is 5.13 Å². The van der Waals surface area contributed by atoms with Crippen molar-refractivity contribution in [2.75, 3.05) is 11.8 Å². The van der Waals surface area contributed by atoms with Gasteiger partial charge in [-0.3, -0.25) is 4.72 Å². The maximum absolute atomic E-state index is 13.6. The van der Waals surface area contributed by atoms with Gasteiger partial charge in [0.15, 0.2) is 5.13 Å². The molecule has 0 saturated heterocycles. The Morgan fingerprint density at radius 2 is 1.82 bits per heavy atom. The molecule has 5 nitrogen and oxygen atoms in total. The summed E-state index contributed by atoms with van der Waals surface area (Å²) in [5, 5.41) is -0.569. The Bertz CT molecular complexity index is 1330. The quantitative estimate of drug-likeness (QED) is 0.332. The van der Waals surface area contributed by atoms with Crippen LogP contribution in [0.2, 0.25) is 0 Å². The number of carbonyl (C=O) groups is 1. The highest BCUT2D eigenvalue weighted by Crippen LogP contribution is 2.44. The molecule has 0 spiro atoms. The summed E-state index contributed by atoms with van der Waals surface area (Å²) in [4.78, 5) is 12.0. The molecule has 11 heteroatoms. The van der Waals surface area contributed by atoms with Crippen LogP contribution in [0.4, 0.5) is 23.2 Å². The van der Waals surface area contributed by atoms with Crippen molar-refractivity contribution in [3.63, 3.8) is 0 Å². The molecule has 1 heterocycles. The summed E-state index contributed by atoms with van der Waals surface area (Å²) in [7, 11) is -3.26. The number of halogens is 4. The summed E-state index contributed by atoms with van der Waals surface area (Å²) in [5.74, 6) is -0.779. The molecule has 0 radical (unpaired) electrons. The maximum Gasteiger partial charge on any atom is 0.416 e. The van der Waals surface area contributed by atoms with Crippen LogP contribution >= 0.6 is 11.3 Å². The van der Waals surface area contributed by atoms with Crippen LogP contribution in [-0.4, -0.2) is 21.5 Å². The maximum atomic E-state index is 13.6. The van der Waals surface area contributed by atoms with Crippen LogP contribution in [0.5, 0.6) is 0 Å². The number of methoxy groups -OCH3 is 1. The van der Waals surface area contributed by atoms with Crippen LogP contribution < -0.4 is 4.72 Å². The number of hydrogen-bond donors (Lipinski definition) is 1. The standard InChI is InChI=1S/C22H17F4NO4S2/c1-31-21(28)13-4-6-15(12-2-3-12)19(10-13)33(29,30)27-17-11-14(22(24,25)26)5-7-16(17)18-8-9-20(23)32-18/h4-12,27H,2-3H2,1H3. The molecule has 1 fully saturated rings. The number of ether oxygens (including phenoxy) is 1. The molecule has 3 aromatic rings. The van der Waals surface area contributed by atoms with Gasteiger partial charge in [0.05, 0.1) is 28.8 Å². The molecule has 2 aromatic carbocycles. The SMILES string of the molecule is COC(=O)c1ccc(C2CC2)c(S(=O)(=O)Nc2cc(C(F)(F)F)ccc2-c2ccc(F)s2)c1. The van der Waals surface area contributed by atoms with Crippen molar-refractivity contribution < 1.29 is 35.5 Å². The number of alkyl halides is 3. The van der Waals surface area contributed by atoms with Gasteiger partial charge in [-0.2, -0.15) is 17.6 Å². The Kier molecular flexibility index (Phi) is 5.95. The normalized spacial score (nSPS) is 14.2. The van der Waals surface area contributed by atoms with E-state index in [1.165, 1.54) is 18.2 Å². The number of hydrogen-bond acceptors (Lipinski definition) is 5. The van der Waals surface area contributed by atoms with Gasteiger partial charge in [-0.05, 0) is 60.7 Å². The summed E-state index contributed by atoms with van der Waals surface area (Å²) in [6.07, 6.45) is -3.21. The average Bonchev–Trinajstić information content (AvgIpc) is 3.52. The molecule has 1 aromatic heterocycles. The highest BCUT2D eigenvalue weighted by Gasteiger charge is 2.34. The van der Waals surface area contributed by atoms with Crippen molar-refractivity contribution >= 4 is 33.0 Å². The second-order valence-electron chi connectivity index (χ2n) is 7.49. The number of nitrogens with one attached hydrogen (secondary N) is 1. The zero-order chi connectivity index (χ0) is 24.0. The number of carbonyl (C=O) groups excluding carboxylic acids is 1. The van der Waals surface area contributed by atoms with E-state index in [1.54, 1.807) is 0 Å². The number of rotatable bonds is 6. The Hall–Kier alpha value is -2.92. The zero-order valence-electron chi connectivity index (χ0n) is 17.1. The summed E-state index contributed by atoms with van der Waals surface area (Å²) in [5.41, 5.74) is -0.862. The van der Waals surface area contributed by atoms with Crippen LogP contribution in [0.1, 0.15) is 40.2 Å². The molecule has 0 atom stereocenters. The van der Waals surface area contributed by atoms with Gasteiger partial charge in [0.25, 0.3) is 10.0 Å². The van der Waals surface area contributed by atoms with E-state index >= 15 is 0 Å². The molecule has 0 aliphatic heterocycles. The van der Waals surface area contributed by atoms with Crippen molar-refractivity contribution in [2.24, 2.45) is 0 Å². The summed E-state index contributed by atoms with van der Waals surface area (Å²) in [6, 6.07) is 9.18. The lowest BCUT2D eigenvalue weighted by molar-refractivity contribution is -0.137. The topological polar surface area (TPSA) is 72.5 Å².